The minimum atomic E-state index is -0.635. The van der Waals surface area contributed by atoms with Gasteiger partial charge in [0.25, 0.3) is 0 Å². The summed E-state index contributed by atoms with van der Waals surface area (Å²) in [7, 11) is 0. The minimum absolute atomic E-state index is 0.0309. The highest BCUT2D eigenvalue weighted by atomic mass is 16.3. The second-order valence-electron chi connectivity index (χ2n) is 3.63. The zero-order valence-electron chi connectivity index (χ0n) is 7.71. The van der Waals surface area contributed by atoms with E-state index in [0.717, 1.165) is 19.3 Å². The second kappa shape index (κ2) is 3.75. The minimum Gasteiger partial charge on any atom is -0.394 e. The molecule has 0 saturated heterocycles. The molecule has 13 heavy (non-hydrogen) atoms. The van der Waals surface area contributed by atoms with Crippen molar-refractivity contribution in [3.8, 4) is 6.07 Å². The average molecular weight is 182 g/mol. The number of carbonyl (C=O) groups is 1. The maximum absolute atomic E-state index is 11.3. The fourth-order valence-electron chi connectivity index (χ4n) is 1.35. The number of hydrogen-bond acceptors (Lipinski definition) is 3. The fourth-order valence-corrected chi connectivity index (χ4v) is 1.35. The molecule has 1 fully saturated rings. The molecule has 72 valence electrons. The van der Waals surface area contributed by atoms with Gasteiger partial charge in [-0.05, 0) is 26.2 Å². The number of nitrogens with one attached hydrogen (secondary N) is 1. The van der Waals surface area contributed by atoms with Gasteiger partial charge in [-0.1, -0.05) is 0 Å². The van der Waals surface area contributed by atoms with Gasteiger partial charge in [0.1, 0.15) is 5.92 Å². The first-order valence-electron chi connectivity index (χ1n) is 4.46. The lowest BCUT2D eigenvalue weighted by molar-refractivity contribution is -0.126. The Balaban J connectivity index is 2.48. The lowest BCUT2D eigenvalue weighted by atomic mass is 9.77. The predicted molar refractivity (Wildman–Crippen MR) is 46.6 cm³/mol. The Kier molecular flexibility index (Phi) is 2.89. The predicted octanol–water partition coefficient (Wildman–Crippen LogP) is 0.177. The number of carbonyl (C=O) groups excluding carboxylic acids is 1. The SMILES string of the molecule is CC(C#N)C(=O)NC1(CO)CCC1. The van der Waals surface area contributed by atoms with E-state index in [4.69, 9.17) is 10.4 Å². The van der Waals surface area contributed by atoms with Gasteiger partial charge >= 0.3 is 0 Å². The largest absolute Gasteiger partial charge is 0.394 e. The molecule has 0 aromatic carbocycles. The van der Waals surface area contributed by atoms with Crippen LogP contribution in [0.4, 0.5) is 0 Å². The van der Waals surface area contributed by atoms with E-state index >= 15 is 0 Å². The van der Waals surface area contributed by atoms with E-state index in [9.17, 15) is 4.79 Å². The fraction of sp³-hybridized carbons (Fsp3) is 0.778. The zero-order chi connectivity index (χ0) is 9.90. The summed E-state index contributed by atoms with van der Waals surface area (Å²) in [5.74, 6) is -0.916. The number of aliphatic hydroxyl groups is 1. The van der Waals surface area contributed by atoms with E-state index in [0.29, 0.717) is 0 Å². The second-order valence-corrected chi connectivity index (χ2v) is 3.63. The quantitative estimate of drug-likeness (QED) is 0.653. The third-order valence-electron chi connectivity index (χ3n) is 2.59. The third-order valence-corrected chi connectivity index (χ3v) is 2.59. The topological polar surface area (TPSA) is 73.1 Å². The van der Waals surface area contributed by atoms with Gasteiger partial charge in [0.15, 0.2) is 0 Å². The van der Waals surface area contributed by atoms with Gasteiger partial charge in [0, 0.05) is 0 Å². The summed E-state index contributed by atoms with van der Waals surface area (Å²) in [4.78, 5) is 11.3. The molecule has 1 aliphatic carbocycles. The molecule has 4 nitrogen and oxygen atoms in total. The highest BCUT2D eigenvalue weighted by molar-refractivity contribution is 5.81. The number of hydrogen-bond donors (Lipinski definition) is 2. The average Bonchev–Trinajstić information content (AvgIpc) is 2.09. The third kappa shape index (κ3) is 1.99. The van der Waals surface area contributed by atoms with Crippen molar-refractivity contribution in [3.05, 3.63) is 0 Å². The molecule has 1 amide bonds. The summed E-state index contributed by atoms with van der Waals surface area (Å²) in [5, 5.41) is 20.3. The van der Waals surface area contributed by atoms with Crippen LogP contribution < -0.4 is 5.32 Å². The molecule has 0 aromatic rings. The van der Waals surface area contributed by atoms with Crippen molar-refractivity contribution in [2.24, 2.45) is 5.92 Å². The summed E-state index contributed by atoms with van der Waals surface area (Å²) in [6.45, 7) is 1.52. The molecule has 0 spiro atoms. The molecule has 1 saturated carbocycles. The van der Waals surface area contributed by atoms with Crippen LogP contribution in [0.3, 0.4) is 0 Å². The Hall–Kier alpha value is -1.08. The Labute approximate surface area is 77.6 Å². The monoisotopic (exact) mass is 182 g/mol. The van der Waals surface area contributed by atoms with Crippen LogP contribution in [0.5, 0.6) is 0 Å². The van der Waals surface area contributed by atoms with Crippen molar-refractivity contribution < 1.29 is 9.90 Å². The standard InChI is InChI=1S/C9H14N2O2/c1-7(5-10)8(13)11-9(6-12)3-2-4-9/h7,12H,2-4,6H2,1H3,(H,11,13). The van der Waals surface area contributed by atoms with E-state index in [1.54, 1.807) is 6.92 Å². The number of rotatable bonds is 3. The zero-order valence-corrected chi connectivity index (χ0v) is 7.71. The molecule has 1 unspecified atom stereocenters. The summed E-state index contributed by atoms with van der Waals surface area (Å²) in [5.41, 5.74) is -0.428. The molecule has 0 heterocycles. The van der Waals surface area contributed by atoms with E-state index < -0.39 is 11.5 Å². The van der Waals surface area contributed by atoms with Crippen LogP contribution in [-0.4, -0.2) is 23.2 Å². The van der Waals surface area contributed by atoms with Crippen LogP contribution in [0.25, 0.3) is 0 Å². The highest BCUT2D eigenvalue weighted by Gasteiger charge is 2.38. The molecular weight excluding hydrogens is 168 g/mol. The maximum Gasteiger partial charge on any atom is 0.237 e. The smallest absolute Gasteiger partial charge is 0.237 e. The van der Waals surface area contributed by atoms with Crippen LogP contribution >= 0.6 is 0 Å². The van der Waals surface area contributed by atoms with Gasteiger partial charge in [-0.3, -0.25) is 4.79 Å². The molecule has 0 bridgehead atoms. The highest BCUT2D eigenvalue weighted by Crippen LogP contribution is 2.31. The Morgan fingerprint density at radius 1 is 1.77 bits per heavy atom. The van der Waals surface area contributed by atoms with Gasteiger partial charge in [0.05, 0.1) is 18.2 Å². The number of nitrogens with zero attached hydrogens (tertiary/aromatic N) is 1. The maximum atomic E-state index is 11.3. The molecule has 0 aliphatic heterocycles. The van der Waals surface area contributed by atoms with E-state index in [-0.39, 0.29) is 12.5 Å². The summed E-state index contributed by atoms with van der Waals surface area (Å²) in [6.07, 6.45) is 2.66. The van der Waals surface area contributed by atoms with Gasteiger partial charge < -0.3 is 10.4 Å². The number of amides is 1. The van der Waals surface area contributed by atoms with E-state index in [1.165, 1.54) is 0 Å². The first-order chi connectivity index (χ1) is 6.13. The van der Waals surface area contributed by atoms with Crippen LogP contribution in [0.15, 0.2) is 0 Å². The molecular formula is C9H14N2O2. The normalized spacial score (nSPS) is 21.0. The lowest BCUT2D eigenvalue weighted by Gasteiger charge is -2.41. The van der Waals surface area contributed by atoms with Crippen LogP contribution in [0.1, 0.15) is 26.2 Å². The van der Waals surface area contributed by atoms with Crippen molar-refractivity contribution in [2.45, 2.75) is 31.7 Å². The summed E-state index contributed by atoms with van der Waals surface area (Å²) < 4.78 is 0. The molecule has 0 aromatic heterocycles. The van der Waals surface area contributed by atoms with Crippen LogP contribution in [-0.2, 0) is 4.79 Å². The first kappa shape index (κ1) is 10.0. The Morgan fingerprint density at radius 3 is 2.69 bits per heavy atom. The van der Waals surface area contributed by atoms with Gasteiger partial charge in [0.2, 0.25) is 5.91 Å². The van der Waals surface area contributed by atoms with Gasteiger partial charge in [-0.2, -0.15) is 5.26 Å². The van der Waals surface area contributed by atoms with Crippen molar-refractivity contribution in [1.82, 2.24) is 5.32 Å². The van der Waals surface area contributed by atoms with Gasteiger partial charge in [-0.15, -0.1) is 0 Å². The molecule has 4 heteroatoms. The summed E-state index contributed by atoms with van der Waals surface area (Å²) in [6, 6.07) is 1.87. The molecule has 0 radical (unpaired) electrons. The van der Waals surface area contributed by atoms with Crippen molar-refractivity contribution in [2.75, 3.05) is 6.61 Å². The van der Waals surface area contributed by atoms with Crippen molar-refractivity contribution >= 4 is 5.91 Å². The molecule has 1 atom stereocenters. The Morgan fingerprint density at radius 2 is 2.38 bits per heavy atom. The van der Waals surface area contributed by atoms with Crippen LogP contribution in [0.2, 0.25) is 0 Å². The van der Waals surface area contributed by atoms with E-state index in [1.807, 2.05) is 6.07 Å². The molecule has 2 N–H and O–H groups in total. The van der Waals surface area contributed by atoms with Crippen molar-refractivity contribution in [1.29, 1.82) is 5.26 Å². The summed E-state index contributed by atoms with van der Waals surface area (Å²) >= 11 is 0. The van der Waals surface area contributed by atoms with Crippen LogP contribution in [0, 0.1) is 17.2 Å². The van der Waals surface area contributed by atoms with Crippen molar-refractivity contribution in [3.63, 3.8) is 0 Å². The number of nitriles is 1. The van der Waals surface area contributed by atoms with E-state index in [2.05, 4.69) is 5.32 Å². The Bertz CT molecular complexity index is 235. The molecule has 1 rings (SSSR count). The number of aliphatic hydroxyl groups excluding tert-OH is 1. The first-order valence-corrected chi connectivity index (χ1v) is 4.46. The molecule has 1 aliphatic rings. The lowest BCUT2D eigenvalue weighted by Crippen LogP contribution is -2.57. The van der Waals surface area contributed by atoms with Gasteiger partial charge in [-0.25, -0.2) is 0 Å².